The molecule has 4 rings (SSSR count). The lowest BCUT2D eigenvalue weighted by atomic mass is 9.85. The zero-order chi connectivity index (χ0) is 21.1. The van der Waals surface area contributed by atoms with E-state index in [1.807, 2.05) is 60.7 Å². The Labute approximate surface area is 176 Å². The molecule has 3 heteroatoms. The number of nitrogens with zero attached hydrogens (tertiary/aromatic N) is 1. The molecule has 0 aliphatic carbocycles. The van der Waals surface area contributed by atoms with Gasteiger partial charge in [0.1, 0.15) is 5.82 Å². The lowest BCUT2D eigenvalue weighted by Crippen LogP contribution is -2.07. The van der Waals surface area contributed by atoms with E-state index in [9.17, 15) is 9.50 Å². The highest BCUT2D eigenvalue weighted by molar-refractivity contribution is 5.94. The minimum Gasteiger partial charge on any atom is -0.392 e. The molecule has 1 N–H and O–H groups in total. The second kappa shape index (κ2) is 8.60. The third-order valence-electron chi connectivity index (χ3n) is 5.28. The van der Waals surface area contributed by atoms with Gasteiger partial charge in [-0.25, -0.2) is 4.39 Å². The number of aromatic nitrogens is 1. The standard InChI is InChI=1S/C27H24FNO/c1-18(2)26-23(17-30)24(20-13-15-22(28)16-14-20)25(19-9-5-3-6-10-19)27(29-26)21-11-7-4-8-12-21/h3-16,18,30H,17H2,1-2H3. The van der Waals surface area contributed by atoms with E-state index in [1.165, 1.54) is 12.1 Å². The molecule has 0 atom stereocenters. The molecular formula is C27H24FNO. The van der Waals surface area contributed by atoms with Crippen LogP contribution in [0.1, 0.15) is 31.0 Å². The minimum absolute atomic E-state index is 0.124. The van der Waals surface area contributed by atoms with E-state index in [0.29, 0.717) is 0 Å². The van der Waals surface area contributed by atoms with Crippen molar-refractivity contribution >= 4 is 0 Å². The molecule has 0 saturated carbocycles. The van der Waals surface area contributed by atoms with Crippen molar-refractivity contribution in [2.24, 2.45) is 0 Å². The van der Waals surface area contributed by atoms with Crippen molar-refractivity contribution in [2.45, 2.75) is 26.4 Å². The minimum atomic E-state index is -0.285. The van der Waals surface area contributed by atoms with Gasteiger partial charge < -0.3 is 5.11 Å². The van der Waals surface area contributed by atoms with Crippen LogP contribution in [-0.2, 0) is 6.61 Å². The van der Waals surface area contributed by atoms with Gasteiger partial charge in [0, 0.05) is 22.4 Å². The molecular weight excluding hydrogens is 373 g/mol. The molecule has 1 heterocycles. The largest absolute Gasteiger partial charge is 0.392 e. The summed E-state index contributed by atoms with van der Waals surface area (Å²) in [5, 5.41) is 10.4. The van der Waals surface area contributed by atoms with Gasteiger partial charge in [-0.3, -0.25) is 4.98 Å². The summed E-state index contributed by atoms with van der Waals surface area (Å²) in [6.07, 6.45) is 0. The summed E-state index contributed by atoms with van der Waals surface area (Å²) < 4.78 is 13.7. The number of rotatable bonds is 5. The van der Waals surface area contributed by atoms with Crippen LogP contribution < -0.4 is 0 Å². The molecule has 0 amide bonds. The summed E-state index contributed by atoms with van der Waals surface area (Å²) in [4.78, 5) is 5.06. The molecule has 30 heavy (non-hydrogen) atoms. The third-order valence-corrected chi connectivity index (χ3v) is 5.28. The molecule has 0 unspecified atom stereocenters. The van der Waals surface area contributed by atoms with Crippen molar-refractivity contribution < 1.29 is 9.50 Å². The van der Waals surface area contributed by atoms with Crippen molar-refractivity contribution in [2.75, 3.05) is 0 Å². The van der Waals surface area contributed by atoms with Crippen LogP contribution in [0, 0.1) is 5.82 Å². The van der Waals surface area contributed by atoms with Crippen LogP contribution in [-0.4, -0.2) is 10.1 Å². The first-order chi connectivity index (χ1) is 14.6. The third kappa shape index (κ3) is 3.77. The van der Waals surface area contributed by atoms with Gasteiger partial charge in [0.25, 0.3) is 0 Å². The van der Waals surface area contributed by atoms with Crippen LogP contribution >= 0.6 is 0 Å². The number of pyridine rings is 1. The Morgan fingerprint density at radius 2 is 1.27 bits per heavy atom. The maximum absolute atomic E-state index is 13.7. The van der Waals surface area contributed by atoms with Gasteiger partial charge in [0.15, 0.2) is 0 Å². The lowest BCUT2D eigenvalue weighted by Gasteiger charge is -2.23. The van der Waals surface area contributed by atoms with Crippen molar-refractivity contribution in [3.63, 3.8) is 0 Å². The second-order valence-corrected chi connectivity index (χ2v) is 7.63. The Morgan fingerprint density at radius 1 is 0.733 bits per heavy atom. The Hall–Kier alpha value is -3.30. The number of halogens is 1. The summed E-state index contributed by atoms with van der Waals surface area (Å²) in [6.45, 7) is 4.02. The van der Waals surface area contributed by atoms with Gasteiger partial charge in [-0.2, -0.15) is 0 Å². The van der Waals surface area contributed by atoms with E-state index in [-0.39, 0.29) is 18.3 Å². The SMILES string of the molecule is CC(C)c1nc(-c2ccccc2)c(-c2ccccc2)c(-c2ccc(F)cc2)c1CO. The van der Waals surface area contributed by atoms with E-state index in [0.717, 1.165) is 44.8 Å². The monoisotopic (exact) mass is 397 g/mol. The van der Waals surface area contributed by atoms with Crippen molar-refractivity contribution in [1.82, 2.24) is 4.98 Å². The fourth-order valence-electron chi connectivity index (χ4n) is 3.90. The van der Waals surface area contributed by atoms with Gasteiger partial charge in [0.05, 0.1) is 12.3 Å². The molecule has 0 saturated heterocycles. The van der Waals surface area contributed by atoms with Gasteiger partial charge >= 0.3 is 0 Å². The van der Waals surface area contributed by atoms with Crippen LogP contribution in [0.25, 0.3) is 33.5 Å². The predicted octanol–water partition coefficient (Wildman–Crippen LogP) is 6.84. The van der Waals surface area contributed by atoms with Crippen LogP contribution in [0.3, 0.4) is 0 Å². The number of hydrogen-bond donors (Lipinski definition) is 1. The molecule has 0 fully saturated rings. The van der Waals surface area contributed by atoms with Crippen LogP contribution in [0.5, 0.6) is 0 Å². The van der Waals surface area contributed by atoms with Gasteiger partial charge in [0.2, 0.25) is 0 Å². The fourth-order valence-corrected chi connectivity index (χ4v) is 3.90. The van der Waals surface area contributed by atoms with Gasteiger partial charge in [-0.1, -0.05) is 86.6 Å². The molecule has 1 aromatic heterocycles. The van der Waals surface area contributed by atoms with Crippen molar-refractivity contribution in [1.29, 1.82) is 0 Å². The predicted molar refractivity (Wildman–Crippen MR) is 121 cm³/mol. The smallest absolute Gasteiger partial charge is 0.123 e. The Morgan fingerprint density at radius 3 is 1.80 bits per heavy atom. The van der Waals surface area contributed by atoms with Gasteiger partial charge in [-0.05, 0) is 34.7 Å². The zero-order valence-electron chi connectivity index (χ0n) is 17.1. The molecule has 0 aliphatic rings. The van der Waals surface area contributed by atoms with Crippen LogP contribution in [0.4, 0.5) is 4.39 Å². The Bertz CT molecular complexity index is 1140. The summed E-state index contributed by atoms with van der Waals surface area (Å²) in [5.41, 5.74) is 7.23. The van der Waals surface area contributed by atoms with E-state index in [1.54, 1.807) is 12.1 Å². The quantitative estimate of drug-likeness (QED) is 0.400. The number of aliphatic hydroxyl groups excluding tert-OH is 1. The highest BCUT2D eigenvalue weighted by atomic mass is 19.1. The highest BCUT2D eigenvalue weighted by Gasteiger charge is 2.23. The number of hydrogen-bond acceptors (Lipinski definition) is 2. The van der Waals surface area contributed by atoms with E-state index < -0.39 is 0 Å². The normalized spacial score (nSPS) is 11.1. The maximum Gasteiger partial charge on any atom is 0.123 e. The maximum atomic E-state index is 13.7. The van der Waals surface area contributed by atoms with E-state index >= 15 is 0 Å². The molecule has 4 aromatic rings. The zero-order valence-corrected chi connectivity index (χ0v) is 17.1. The fraction of sp³-hybridized carbons (Fsp3) is 0.148. The van der Waals surface area contributed by atoms with E-state index in [4.69, 9.17) is 4.98 Å². The molecule has 2 nitrogen and oxygen atoms in total. The second-order valence-electron chi connectivity index (χ2n) is 7.63. The van der Waals surface area contributed by atoms with Crippen LogP contribution in [0.15, 0.2) is 84.9 Å². The summed E-state index contributed by atoms with van der Waals surface area (Å²) in [6, 6.07) is 26.6. The molecule has 0 radical (unpaired) electrons. The first-order valence-electron chi connectivity index (χ1n) is 10.1. The van der Waals surface area contributed by atoms with Gasteiger partial charge in [-0.15, -0.1) is 0 Å². The van der Waals surface area contributed by atoms with Crippen LogP contribution in [0.2, 0.25) is 0 Å². The Kier molecular flexibility index (Phi) is 5.73. The first kappa shape index (κ1) is 20.0. The lowest BCUT2D eigenvalue weighted by molar-refractivity contribution is 0.280. The first-order valence-corrected chi connectivity index (χ1v) is 10.1. The van der Waals surface area contributed by atoms with Crippen molar-refractivity contribution in [3.05, 3.63) is 102 Å². The number of aliphatic hydroxyl groups is 1. The number of benzene rings is 3. The topological polar surface area (TPSA) is 33.1 Å². The summed E-state index contributed by atoms with van der Waals surface area (Å²) >= 11 is 0. The molecule has 0 bridgehead atoms. The molecule has 0 spiro atoms. The average molecular weight is 397 g/mol. The Balaban J connectivity index is 2.17. The summed E-state index contributed by atoms with van der Waals surface area (Å²) in [5.74, 6) is -0.161. The molecule has 3 aromatic carbocycles. The molecule has 150 valence electrons. The van der Waals surface area contributed by atoms with E-state index in [2.05, 4.69) is 13.8 Å². The highest BCUT2D eigenvalue weighted by Crippen LogP contribution is 2.43. The molecule has 0 aliphatic heterocycles. The average Bonchev–Trinajstić information content (AvgIpc) is 2.79. The summed E-state index contributed by atoms with van der Waals surface area (Å²) in [7, 11) is 0. The van der Waals surface area contributed by atoms with Crippen molar-refractivity contribution in [3.8, 4) is 33.5 Å².